The highest BCUT2D eigenvalue weighted by Crippen LogP contribution is 2.25. The number of hydrogen-bond donors (Lipinski definition) is 1. The van der Waals surface area contributed by atoms with Crippen LogP contribution in [0.25, 0.3) is 5.69 Å². The van der Waals surface area contributed by atoms with Crippen molar-refractivity contribution in [2.45, 2.75) is 31.8 Å². The molecule has 7 heteroatoms. The summed E-state index contributed by atoms with van der Waals surface area (Å²) >= 11 is 3.43. The number of halogens is 1. The Morgan fingerprint density at radius 2 is 2.41 bits per heavy atom. The zero-order valence-corrected chi connectivity index (χ0v) is 13.6. The number of nitrogens with one attached hydrogen (secondary N) is 1. The average molecular weight is 365 g/mol. The number of hydrogen-bond acceptors (Lipinski definition) is 4. The molecule has 22 heavy (non-hydrogen) atoms. The molecule has 1 atom stereocenters. The Hall–Kier alpha value is -1.73. The Bertz CT molecular complexity index is 639. The van der Waals surface area contributed by atoms with E-state index in [-0.39, 0.29) is 12.0 Å². The molecular weight excluding hydrogens is 348 g/mol. The third kappa shape index (κ3) is 3.72. The van der Waals surface area contributed by atoms with Gasteiger partial charge in [-0.15, -0.1) is 0 Å². The molecule has 0 spiro atoms. The molecule has 2 aromatic rings. The maximum absolute atomic E-state index is 12.2. The van der Waals surface area contributed by atoms with Crippen LogP contribution in [-0.2, 0) is 9.53 Å². The van der Waals surface area contributed by atoms with Crippen LogP contribution in [0.2, 0.25) is 0 Å². The summed E-state index contributed by atoms with van der Waals surface area (Å²) in [5.41, 5.74) is 1.49. The first-order valence-corrected chi connectivity index (χ1v) is 8.07. The van der Waals surface area contributed by atoms with Crippen LogP contribution in [0.1, 0.15) is 25.7 Å². The van der Waals surface area contributed by atoms with Crippen molar-refractivity contribution in [3.05, 3.63) is 35.3 Å². The van der Waals surface area contributed by atoms with E-state index in [0.29, 0.717) is 12.1 Å². The molecule has 0 radical (unpaired) electrons. The van der Waals surface area contributed by atoms with Gasteiger partial charge in [-0.2, -0.15) is 5.10 Å². The lowest BCUT2D eigenvalue weighted by Gasteiger charge is -2.13. The number of aromatic nitrogens is 3. The van der Waals surface area contributed by atoms with E-state index in [1.165, 1.54) is 6.33 Å². The minimum Gasteiger partial charge on any atom is -0.378 e. The van der Waals surface area contributed by atoms with Crippen molar-refractivity contribution in [1.82, 2.24) is 14.8 Å². The number of ether oxygens (including phenoxy) is 1. The van der Waals surface area contributed by atoms with Gasteiger partial charge in [-0.25, -0.2) is 9.67 Å². The van der Waals surface area contributed by atoms with E-state index in [1.54, 1.807) is 11.0 Å². The first kappa shape index (κ1) is 15.2. The molecule has 0 unspecified atom stereocenters. The second-order valence-electron chi connectivity index (χ2n) is 5.22. The van der Waals surface area contributed by atoms with Gasteiger partial charge in [0.1, 0.15) is 12.7 Å². The SMILES string of the molecule is O=C(CC[C@@H]1CCCO1)Nc1cc(Br)ccc1-n1cncn1. The topological polar surface area (TPSA) is 69.0 Å². The van der Waals surface area contributed by atoms with Gasteiger partial charge >= 0.3 is 0 Å². The van der Waals surface area contributed by atoms with Crippen molar-refractivity contribution in [3.8, 4) is 5.69 Å². The highest BCUT2D eigenvalue weighted by atomic mass is 79.9. The maximum Gasteiger partial charge on any atom is 0.224 e. The highest BCUT2D eigenvalue weighted by molar-refractivity contribution is 9.10. The average Bonchev–Trinajstić information content (AvgIpc) is 3.19. The number of anilines is 1. The quantitative estimate of drug-likeness (QED) is 0.885. The summed E-state index contributed by atoms with van der Waals surface area (Å²) in [6.45, 7) is 0.814. The largest absolute Gasteiger partial charge is 0.378 e. The minimum atomic E-state index is -0.0186. The lowest BCUT2D eigenvalue weighted by Crippen LogP contribution is -2.16. The second-order valence-corrected chi connectivity index (χ2v) is 6.14. The van der Waals surface area contributed by atoms with Gasteiger partial charge in [0, 0.05) is 17.5 Å². The van der Waals surface area contributed by atoms with E-state index in [0.717, 1.165) is 36.0 Å². The van der Waals surface area contributed by atoms with E-state index in [2.05, 4.69) is 31.3 Å². The van der Waals surface area contributed by atoms with Crippen molar-refractivity contribution in [1.29, 1.82) is 0 Å². The third-order valence-corrected chi connectivity index (χ3v) is 4.11. The van der Waals surface area contributed by atoms with Gasteiger partial charge in [0.25, 0.3) is 0 Å². The van der Waals surface area contributed by atoms with Crippen LogP contribution < -0.4 is 5.32 Å². The number of carbonyl (C=O) groups excluding carboxylic acids is 1. The predicted molar refractivity (Wildman–Crippen MR) is 85.9 cm³/mol. The summed E-state index contributed by atoms with van der Waals surface area (Å²) in [4.78, 5) is 16.1. The summed E-state index contributed by atoms with van der Waals surface area (Å²) in [5.74, 6) is -0.0186. The first-order chi connectivity index (χ1) is 10.7. The summed E-state index contributed by atoms with van der Waals surface area (Å²) in [5, 5.41) is 7.06. The van der Waals surface area contributed by atoms with E-state index < -0.39 is 0 Å². The van der Waals surface area contributed by atoms with Crippen molar-refractivity contribution in [2.75, 3.05) is 11.9 Å². The fraction of sp³-hybridized carbons (Fsp3) is 0.400. The first-order valence-electron chi connectivity index (χ1n) is 7.28. The number of nitrogens with zero attached hydrogens (tertiary/aromatic N) is 3. The zero-order chi connectivity index (χ0) is 15.4. The van der Waals surface area contributed by atoms with Crippen LogP contribution in [0.4, 0.5) is 5.69 Å². The number of rotatable bonds is 5. The lowest BCUT2D eigenvalue weighted by atomic mass is 10.1. The summed E-state index contributed by atoms with van der Waals surface area (Å²) in [7, 11) is 0. The smallest absolute Gasteiger partial charge is 0.224 e. The van der Waals surface area contributed by atoms with Crippen LogP contribution in [0.3, 0.4) is 0 Å². The van der Waals surface area contributed by atoms with Gasteiger partial charge in [-0.3, -0.25) is 4.79 Å². The molecule has 2 heterocycles. The van der Waals surface area contributed by atoms with Gasteiger partial charge in [0.15, 0.2) is 0 Å². The molecule has 116 valence electrons. The molecule has 0 saturated carbocycles. The molecule has 1 aromatic carbocycles. The van der Waals surface area contributed by atoms with Gasteiger partial charge in [-0.1, -0.05) is 15.9 Å². The summed E-state index contributed by atoms with van der Waals surface area (Å²) in [6.07, 6.45) is 6.65. The molecule has 1 aromatic heterocycles. The minimum absolute atomic E-state index is 0.0186. The van der Waals surface area contributed by atoms with Crippen LogP contribution in [0.5, 0.6) is 0 Å². The molecule has 1 amide bonds. The molecule has 1 N–H and O–H groups in total. The van der Waals surface area contributed by atoms with Gasteiger partial charge < -0.3 is 10.1 Å². The van der Waals surface area contributed by atoms with Crippen molar-refractivity contribution < 1.29 is 9.53 Å². The van der Waals surface area contributed by atoms with Gasteiger partial charge in [0.05, 0.1) is 17.5 Å². The standard InChI is InChI=1S/C15H17BrN4O2/c16-11-3-5-14(20-10-17-9-18-20)13(8-11)19-15(21)6-4-12-2-1-7-22-12/h3,5,8-10,12H,1-2,4,6-7H2,(H,19,21)/t12-/m0/s1. The second kappa shape index (κ2) is 7.02. The fourth-order valence-electron chi connectivity index (χ4n) is 2.52. The van der Waals surface area contributed by atoms with Crippen molar-refractivity contribution in [2.24, 2.45) is 0 Å². The summed E-state index contributed by atoms with van der Waals surface area (Å²) < 4.78 is 8.07. The van der Waals surface area contributed by atoms with Gasteiger partial charge in [0.2, 0.25) is 5.91 Å². The zero-order valence-electron chi connectivity index (χ0n) is 12.0. The Morgan fingerprint density at radius 1 is 1.50 bits per heavy atom. The van der Waals surface area contributed by atoms with Crippen molar-refractivity contribution >= 4 is 27.5 Å². The molecule has 1 fully saturated rings. The Balaban J connectivity index is 1.68. The molecule has 0 aliphatic carbocycles. The number of carbonyl (C=O) groups is 1. The third-order valence-electron chi connectivity index (χ3n) is 3.62. The van der Waals surface area contributed by atoms with Crippen LogP contribution in [0.15, 0.2) is 35.3 Å². The van der Waals surface area contributed by atoms with Crippen LogP contribution >= 0.6 is 15.9 Å². The molecule has 6 nitrogen and oxygen atoms in total. The molecule has 0 bridgehead atoms. The van der Waals surface area contributed by atoms with Crippen LogP contribution in [-0.4, -0.2) is 33.4 Å². The Morgan fingerprint density at radius 3 is 3.14 bits per heavy atom. The normalized spacial score (nSPS) is 17.6. The summed E-state index contributed by atoms with van der Waals surface area (Å²) in [6, 6.07) is 5.65. The highest BCUT2D eigenvalue weighted by Gasteiger charge is 2.17. The van der Waals surface area contributed by atoms with E-state index in [1.807, 2.05) is 18.2 Å². The molecular formula is C15H17BrN4O2. The molecule has 1 aliphatic heterocycles. The Kier molecular flexibility index (Phi) is 4.84. The fourth-order valence-corrected chi connectivity index (χ4v) is 2.88. The lowest BCUT2D eigenvalue weighted by molar-refractivity contribution is -0.116. The van der Waals surface area contributed by atoms with E-state index >= 15 is 0 Å². The predicted octanol–water partition coefficient (Wildman–Crippen LogP) is 2.93. The van der Waals surface area contributed by atoms with E-state index in [4.69, 9.17) is 4.74 Å². The molecule has 1 aliphatic rings. The Labute approximate surface area is 137 Å². The monoisotopic (exact) mass is 364 g/mol. The molecule has 3 rings (SSSR count). The maximum atomic E-state index is 12.2. The molecule has 1 saturated heterocycles. The van der Waals surface area contributed by atoms with Crippen LogP contribution in [0, 0.1) is 0 Å². The van der Waals surface area contributed by atoms with E-state index in [9.17, 15) is 4.79 Å². The van der Waals surface area contributed by atoms with Crippen molar-refractivity contribution in [3.63, 3.8) is 0 Å². The van der Waals surface area contributed by atoms with Gasteiger partial charge in [-0.05, 0) is 37.5 Å². The number of amides is 1. The number of benzene rings is 1.